The van der Waals surface area contributed by atoms with Crippen molar-refractivity contribution >= 4 is 38.3 Å². The smallest absolute Gasteiger partial charge is 0.264 e. The van der Waals surface area contributed by atoms with E-state index in [0.717, 1.165) is 12.2 Å². The van der Waals surface area contributed by atoms with Crippen LogP contribution in [0.1, 0.15) is 31.4 Å². The van der Waals surface area contributed by atoms with E-state index >= 15 is 0 Å². The Bertz CT molecular complexity index is 1440. The maximum Gasteiger partial charge on any atom is 0.264 e. The van der Waals surface area contributed by atoms with Gasteiger partial charge in [-0.25, -0.2) is 0 Å². The molecule has 0 bridgehead atoms. The van der Waals surface area contributed by atoms with Gasteiger partial charge in [0.05, 0.1) is 11.8 Å². The molecule has 2 aliphatic heterocycles. The van der Waals surface area contributed by atoms with Crippen molar-refractivity contribution in [3.8, 4) is 0 Å². The summed E-state index contributed by atoms with van der Waals surface area (Å²) in [7, 11) is -1.88. The van der Waals surface area contributed by atoms with Crippen molar-refractivity contribution in [2.75, 3.05) is 35.7 Å². The summed E-state index contributed by atoms with van der Waals surface area (Å²) in [5, 5.41) is 2.44. The number of para-hydroxylation sites is 1. The van der Waals surface area contributed by atoms with Crippen molar-refractivity contribution in [2.24, 2.45) is 0 Å². The van der Waals surface area contributed by atoms with Gasteiger partial charge in [0.15, 0.2) is 0 Å². The molecule has 2 aliphatic rings. The van der Waals surface area contributed by atoms with Gasteiger partial charge in [-0.1, -0.05) is 74.5 Å². The van der Waals surface area contributed by atoms with Crippen molar-refractivity contribution < 1.29 is 13.0 Å². The Balaban J connectivity index is 1.54. The van der Waals surface area contributed by atoms with E-state index in [1.807, 2.05) is 0 Å². The number of hydrogen-bond acceptors (Lipinski definition) is 4. The van der Waals surface area contributed by atoms with Gasteiger partial charge in [0.25, 0.3) is 10.1 Å². The van der Waals surface area contributed by atoms with Crippen LogP contribution >= 0.6 is 0 Å². The fraction of sp³-hybridized carbons (Fsp3) is 0.310. The first-order valence-electron chi connectivity index (χ1n) is 12.1. The summed E-state index contributed by atoms with van der Waals surface area (Å²) in [6.45, 7) is 5.92. The second kappa shape index (κ2) is 8.85. The molecule has 5 rings (SSSR count). The van der Waals surface area contributed by atoms with Gasteiger partial charge in [0.2, 0.25) is 0 Å². The van der Waals surface area contributed by atoms with Crippen LogP contribution in [0, 0.1) is 0 Å². The summed E-state index contributed by atoms with van der Waals surface area (Å²) < 4.78 is 32.1. The van der Waals surface area contributed by atoms with Crippen LogP contribution in [0.2, 0.25) is 0 Å². The first-order chi connectivity index (χ1) is 16.6. The molecule has 0 saturated carbocycles. The quantitative estimate of drug-likeness (QED) is 0.453. The summed E-state index contributed by atoms with van der Waals surface area (Å²) in [4.78, 5) is 4.57. The molecule has 1 unspecified atom stereocenters. The van der Waals surface area contributed by atoms with Crippen LogP contribution in [0.15, 0.2) is 78.4 Å². The maximum absolute atomic E-state index is 11.4. The van der Waals surface area contributed by atoms with E-state index in [2.05, 4.69) is 110 Å². The summed E-state index contributed by atoms with van der Waals surface area (Å²) in [6, 6.07) is 21.2. The highest BCUT2D eigenvalue weighted by atomic mass is 32.2. The first kappa shape index (κ1) is 23.6. The third-order valence-corrected chi connectivity index (χ3v) is 8.14. The highest BCUT2D eigenvalue weighted by Crippen LogP contribution is 2.49. The predicted octanol–water partition coefficient (Wildman–Crippen LogP) is 5.67. The fourth-order valence-electron chi connectivity index (χ4n) is 5.76. The van der Waals surface area contributed by atoms with E-state index in [-0.39, 0.29) is 17.2 Å². The Morgan fingerprint density at radius 3 is 2.57 bits per heavy atom. The number of hydrogen-bond donors (Lipinski definition) is 1. The molecule has 182 valence electrons. The van der Waals surface area contributed by atoms with Crippen molar-refractivity contribution in [3.05, 3.63) is 89.5 Å². The molecule has 3 aromatic carbocycles. The highest BCUT2D eigenvalue weighted by molar-refractivity contribution is 7.85. The van der Waals surface area contributed by atoms with Crippen LogP contribution in [0.3, 0.4) is 0 Å². The molecule has 0 aliphatic carbocycles. The molecule has 35 heavy (non-hydrogen) atoms. The van der Waals surface area contributed by atoms with Crippen molar-refractivity contribution in [1.29, 1.82) is 0 Å². The van der Waals surface area contributed by atoms with Crippen molar-refractivity contribution in [1.82, 2.24) is 0 Å². The molecule has 0 aromatic heterocycles. The minimum atomic E-state index is -4.00. The van der Waals surface area contributed by atoms with E-state index in [1.165, 1.54) is 33.2 Å². The standard InChI is InChI=1S/C29H32N2O3S/c1-29(2)27(16-13-21-19-23-10-5-7-12-25(23)30(3)20-21)31(17-8-18-35(32,33)34)26-15-14-22-9-4-6-11-24(22)28(26)29/h4-7,9-16,19,27H,8,17-18,20H2,1-3H3,(H,32,33,34). The van der Waals surface area contributed by atoms with E-state index in [1.54, 1.807) is 0 Å². The molecule has 6 heteroatoms. The van der Waals surface area contributed by atoms with Gasteiger partial charge in [-0.3, -0.25) is 4.55 Å². The molecule has 3 aromatic rings. The lowest BCUT2D eigenvalue weighted by atomic mass is 9.78. The lowest BCUT2D eigenvalue weighted by molar-refractivity contribution is 0.468. The average Bonchev–Trinajstić information content (AvgIpc) is 3.03. The minimum absolute atomic E-state index is 0.0491. The lowest BCUT2D eigenvalue weighted by Gasteiger charge is -2.33. The van der Waals surface area contributed by atoms with Crippen LogP contribution in [0.4, 0.5) is 11.4 Å². The number of benzene rings is 3. The zero-order valence-corrected chi connectivity index (χ0v) is 21.3. The summed E-state index contributed by atoms with van der Waals surface area (Å²) in [5.41, 5.74) is 5.92. The summed E-state index contributed by atoms with van der Waals surface area (Å²) in [6.07, 6.45) is 7.11. The van der Waals surface area contributed by atoms with Gasteiger partial charge in [-0.15, -0.1) is 0 Å². The number of nitrogens with zero attached hydrogens (tertiary/aromatic N) is 2. The largest absolute Gasteiger partial charge is 0.370 e. The molecule has 0 saturated heterocycles. The third kappa shape index (κ3) is 4.48. The summed E-state index contributed by atoms with van der Waals surface area (Å²) in [5.74, 6) is -0.240. The molecule has 0 spiro atoms. The number of anilines is 2. The number of fused-ring (bicyclic) bond motifs is 4. The van der Waals surface area contributed by atoms with E-state index in [4.69, 9.17) is 0 Å². The molecule has 1 atom stereocenters. The van der Waals surface area contributed by atoms with Gasteiger partial charge in [0, 0.05) is 36.9 Å². The average molecular weight is 489 g/mol. The number of rotatable bonds is 6. The van der Waals surface area contributed by atoms with E-state index in [0.29, 0.717) is 13.0 Å². The van der Waals surface area contributed by atoms with Crippen molar-refractivity contribution in [3.63, 3.8) is 0 Å². The normalized spacial score (nSPS) is 19.2. The van der Waals surface area contributed by atoms with Crippen LogP contribution in [0.5, 0.6) is 0 Å². The monoisotopic (exact) mass is 488 g/mol. The van der Waals surface area contributed by atoms with Crippen LogP contribution in [0.25, 0.3) is 16.8 Å². The van der Waals surface area contributed by atoms with Gasteiger partial charge in [0.1, 0.15) is 0 Å². The topological polar surface area (TPSA) is 60.9 Å². The number of likely N-dealkylation sites (N-methyl/N-ethyl adjacent to an activating group) is 1. The SMILES string of the molecule is CN1CC(C=CC2N(CCCS(=O)(=O)O)c3ccc4ccccc4c3C2(C)C)=Cc2ccccc21. The highest BCUT2D eigenvalue weighted by Gasteiger charge is 2.44. The minimum Gasteiger partial charge on any atom is -0.370 e. The maximum atomic E-state index is 11.4. The summed E-state index contributed by atoms with van der Waals surface area (Å²) >= 11 is 0. The van der Waals surface area contributed by atoms with Crippen LogP contribution in [-0.2, 0) is 15.5 Å². The molecular formula is C29H32N2O3S. The van der Waals surface area contributed by atoms with Crippen molar-refractivity contribution in [2.45, 2.75) is 31.7 Å². The molecule has 5 nitrogen and oxygen atoms in total. The molecule has 2 heterocycles. The van der Waals surface area contributed by atoms with Gasteiger partial charge in [-0.05, 0) is 52.1 Å². The van der Waals surface area contributed by atoms with E-state index < -0.39 is 10.1 Å². The second-order valence-electron chi connectivity index (χ2n) is 10.2. The fourth-order valence-corrected chi connectivity index (χ4v) is 6.26. The van der Waals surface area contributed by atoms with Gasteiger partial charge in [-0.2, -0.15) is 8.42 Å². The molecular weight excluding hydrogens is 456 g/mol. The molecule has 0 amide bonds. The second-order valence-corrected chi connectivity index (χ2v) is 11.7. The van der Waals surface area contributed by atoms with Gasteiger partial charge < -0.3 is 9.80 Å². The molecule has 1 N–H and O–H groups in total. The Morgan fingerprint density at radius 1 is 1.03 bits per heavy atom. The lowest BCUT2D eigenvalue weighted by Crippen LogP contribution is -2.41. The molecule has 0 fully saturated rings. The van der Waals surface area contributed by atoms with E-state index in [9.17, 15) is 13.0 Å². The zero-order chi connectivity index (χ0) is 24.8. The van der Waals surface area contributed by atoms with Crippen LogP contribution in [-0.4, -0.2) is 44.9 Å². The Kier molecular flexibility index (Phi) is 5.98. The predicted molar refractivity (Wildman–Crippen MR) is 146 cm³/mol. The van der Waals surface area contributed by atoms with Crippen LogP contribution < -0.4 is 9.80 Å². The third-order valence-electron chi connectivity index (χ3n) is 7.34. The Hall–Kier alpha value is -3.09. The molecule has 0 radical (unpaired) electrons. The first-order valence-corrected chi connectivity index (χ1v) is 13.7. The Labute approximate surface area is 208 Å². The zero-order valence-electron chi connectivity index (χ0n) is 20.5. The Morgan fingerprint density at radius 2 is 1.77 bits per heavy atom. The van der Waals surface area contributed by atoms with Gasteiger partial charge >= 0.3 is 0 Å².